The van der Waals surface area contributed by atoms with Gasteiger partial charge < -0.3 is 19.4 Å². The van der Waals surface area contributed by atoms with Gasteiger partial charge in [-0.3, -0.25) is 14.9 Å². The van der Waals surface area contributed by atoms with Crippen LogP contribution in [-0.2, 0) is 0 Å². The number of rotatable bonds is 6. The summed E-state index contributed by atoms with van der Waals surface area (Å²) in [5.74, 6) is 0.0944. The Kier molecular flexibility index (Phi) is 6.34. The third-order valence-corrected chi connectivity index (χ3v) is 6.20. The number of fused-ring (bicyclic) bond motifs is 1. The first-order valence-corrected chi connectivity index (χ1v) is 11.4. The molecule has 0 bridgehead atoms. The van der Waals surface area contributed by atoms with E-state index in [2.05, 4.69) is 26.3 Å². The maximum Gasteiger partial charge on any atom is 0.433 e. The molecule has 0 spiro atoms. The molecule has 1 atom stereocenters. The fraction of sp³-hybridized carbons (Fsp3) is 0.240. The van der Waals surface area contributed by atoms with Crippen LogP contribution in [0.25, 0.3) is 22.0 Å². The van der Waals surface area contributed by atoms with E-state index in [1.54, 1.807) is 17.2 Å². The standard InChI is InChI=1S/C25H21N7O5/c1-36-24-16(10-26)7-17(11-27-24)15-4-5-21-20(8-15)23(29-14-28-21)30-19-3-2-6-31(12-19)25(33)18-9-22(32(34)35)37-13-18/h4-5,7-9,11,13-14,19H,2-3,6,12H2,1H3,(H,28,29,30)/t19-/m0/s1. The number of nitrogens with one attached hydrogen (secondary N) is 1. The molecule has 4 aromatic rings. The predicted octanol–water partition coefficient (Wildman–Crippen LogP) is 3.79. The fourth-order valence-corrected chi connectivity index (χ4v) is 4.39. The Hall–Kier alpha value is -5.05. The third-order valence-electron chi connectivity index (χ3n) is 6.20. The molecule has 37 heavy (non-hydrogen) atoms. The van der Waals surface area contributed by atoms with Crippen LogP contribution in [0.1, 0.15) is 28.8 Å². The molecule has 0 saturated carbocycles. The van der Waals surface area contributed by atoms with Gasteiger partial charge in [0.2, 0.25) is 5.88 Å². The zero-order valence-electron chi connectivity index (χ0n) is 19.7. The molecule has 12 heteroatoms. The molecule has 186 valence electrons. The highest BCUT2D eigenvalue weighted by Crippen LogP contribution is 2.30. The number of benzene rings is 1. The zero-order valence-corrected chi connectivity index (χ0v) is 19.7. The lowest BCUT2D eigenvalue weighted by Crippen LogP contribution is -2.45. The van der Waals surface area contributed by atoms with Crippen molar-refractivity contribution in [3.8, 4) is 23.1 Å². The number of hydrogen-bond donors (Lipinski definition) is 1. The number of carbonyl (C=O) groups is 1. The molecular formula is C25H21N7O5. The van der Waals surface area contributed by atoms with Crippen molar-refractivity contribution in [3.05, 3.63) is 70.4 Å². The first-order valence-electron chi connectivity index (χ1n) is 11.4. The second-order valence-electron chi connectivity index (χ2n) is 8.51. The normalized spacial score (nSPS) is 15.2. The van der Waals surface area contributed by atoms with Gasteiger partial charge in [-0.25, -0.2) is 15.0 Å². The monoisotopic (exact) mass is 499 g/mol. The maximum absolute atomic E-state index is 12.9. The van der Waals surface area contributed by atoms with Gasteiger partial charge in [-0.05, 0) is 36.6 Å². The first kappa shape index (κ1) is 23.7. The van der Waals surface area contributed by atoms with Crippen molar-refractivity contribution < 1.29 is 18.9 Å². The molecule has 12 nitrogen and oxygen atoms in total. The minimum Gasteiger partial charge on any atom is -0.480 e. The molecule has 1 aliphatic heterocycles. The lowest BCUT2D eigenvalue weighted by atomic mass is 10.0. The first-order chi connectivity index (χ1) is 18.0. The van der Waals surface area contributed by atoms with Crippen molar-refractivity contribution >= 4 is 28.5 Å². The number of nitro groups is 1. The maximum atomic E-state index is 12.9. The van der Waals surface area contributed by atoms with E-state index < -0.39 is 10.8 Å². The number of aromatic nitrogens is 3. The summed E-state index contributed by atoms with van der Waals surface area (Å²) in [6.45, 7) is 0.938. The molecule has 3 aromatic heterocycles. The van der Waals surface area contributed by atoms with Gasteiger partial charge in [-0.1, -0.05) is 6.07 Å². The number of furan rings is 1. The number of anilines is 1. The number of likely N-dealkylation sites (tertiary alicyclic amines) is 1. The molecule has 1 N–H and O–H groups in total. The summed E-state index contributed by atoms with van der Waals surface area (Å²) in [5, 5.41) is 24.5. The average Bonchev–Trinajstić information content (AvgIpc) is 3.43. The van der Waals surface area contributed by atoms with Gasteiger partial charge in [0, 0.05) is 36.3 Å². The number of carbonyl (C=O) groups excluding carboxylic acids is 1. The lowest BCUT2D eigenvalue weighted by molar-refractivity contribution is -0.402. The van der Waals surface area contributed by atoms with Crippen LogP contribution in [0.5, 0.6) is 5.88 Å². The summed E-state index contributed by atoms with van der Waals surface area (Å²) in [6, 6.07) is 10.6. The van der Waals surface area contributed by atoms with Crippen LogP contribution in [-0.4, -0.2) is 56.9 Å². The number of nitrogens with zero attached hydrogens (tertiary/aromatic N) is 6. The van der Waals surface area contributed by atoms with Crippen molar-refractivity contribution in [1.29, 1.82) is 5.26 Å². The van der Waals surface area contributed by atoms with Gasteiger partial charge in [0.05, 0.1) is 24.3 Å². The summed E-state index contributed by atoms with van der Waals surface area (Å²) in [4.78, 5) is 37.8. The number of methoxy groups -OCH3 is 1. The van der Waals surface area contributed by atoms with E-state index >= 15 is 0 Å². The van der Waals surface area contributed by atoms with E-state index in [0.717, 1.165) is 47.2 Å². The molecule has 4 heterocycles. The number of hydrogen-bond acceptors (Lipinski definition) is 10. The van der Waals surface area contributed by atoms with Crippen molar-refractivity contribution in [2.24, 2.45) is 0 Å². The zero-order chi connectivity index (χ0) is 25.9. The summed E-state index contributed by atoms with van der Waals surface area (Å²) in [6.07, 6.45) is 5.80. The molecule has 1 amide bonds. The fourth-order valence-electron chi connectivity index (χ4n) is 4.39. The minimum atomic E-state index is -0.672. The Morgan fingerprint density at radius 2 is 2.14 bits per heavy atom. The molecule has 0 radical (unpaired) electrons. The van der Waals surface area contributed by atoms with Crippen molar-refractivity contribution in [3.63, 3.8) is 0 Å². The number of nitriles is 1. The molecule has 1 saturated heterocycles. The Bertz CT molecular complexity index is 1540. The second kappa shape index (κ2) is 9.90. The number of piperidine rings is 1. The Morgan fingerprint density at radius 1 is 1.27 bits per heavy atom. The van der Waals surface area contributed by atoms with E-state index in [4.69, 9.17) is 9.15 Å². The summed E-state index contributed by atoms with van der Waals surface area (Å²) in [5.41, 5.74) is 2.79. The third kappa shape index (κ3) is 4.74. The van der Waals surface area contributed by atoms with E-state index in [-0.39, 0.29) is 23.4 Å². The molecule has 1 fully saturated rings. The minimum absolute atomic E-state index is 0.0887. The number of pyridine rings is 1. The molecule has 1 aromatic carbocycles. The molecule has 0 unspecified atom stereocenters. The van der Waals surface area contributed by atoms with Crippen LogP contribution in [0, 0.1) is 21.4 Å². The van der Waals surface area contributed by atoms with E-state index in [9.17, 15) is 20.2 Å². The Labute approximate surface area is 210 Å². The highest BCUT2D eigenvalue weighted by atomic mass is 16.6. The van der Waals surface area contributed by atoms with E-state index in [1.165, 1.54) is 13.4 Å². The van der Waals surface area contributed by atoms with Crippen LogP contribution < -0.4 is 10.1 Å². The van der Waals surface area contributed by atoms with Gasteiger partial charge in [0.1, 0.15) is 35.0 Å². The van der Waals surface area contributed by atoms with E-state index in [0.29, 0.717) is 24.5 Å². The van der Waals surface area contributed by atoms with Gasteiger partial charge in [0.15, 0.2) is 0 Å². The van der Waals surface area contributed by atoms with Crippen molar-refractivity contribution in [2.45, 2.75) is 18.9 Å². The largest absolute Gasteiger partial charge is 0.480 e. The Balaban J connectivity index is 1.38. The smallest absolute Gasteiger partial charge is 0.433 e. The van der Waals surface area contributed by atoms with Crippen molar-refractivity contribution in [1.82, 2.24) is 19.9 Å². The highest BCUT2D eigenvalue weighted by Gasteiger charge is 2.27. The predicted molar refractivity (Wildman–Crippen MR) is 132 cm³/mol. The second-order valence-corrected chi connectivity index (χ2v) is 8.51. The van der Waals surface area contributed by atoms with Gasteiger partial charge >= 0.3 is 5.88 Å². The highest BCUT2D eigenvalue weighted by molar-refractivity contribution is 5.95. The molecule has 1 aliphatic rings. The van der Waals surface area contributed by atoms with Gasteiger partial charge in [-0.2, -0.15) is 5.26 Å². The molecule has 0 aliphatic carbocycles. The number of ether oxygens (including phenoxy) is 1. The average molecular weight is 499 g/mol. The summed E-state index contributed by atoms with van der Waals surface area (Å²) < 4.78 is 10.0. The number of amides is 1. The topological polar surface area (TPSA) is 160 Å². The lowest BCUT2D eigenvalue weighted by Gasteiger charge is -2.33. The molecular weight excluding hydrogens is 478 g/mol. The van der Waals surface area contributed by atoms with Crippen molar-refractivity contribution in [2.75, 3.05) is 25.5 Å². The SMILES string of the molecule is COc1ncc(-c2ccc3ncnc(N[C@H]4CCCN(C(=O)c5coc([N+](=O)[O-])c5)C4)c3c2)cc1C#N. The Morgan fingerprint density at radius 3 is 2.89 bits per heavy atom. The van der Waals surface area contributed by atoms with Crippen LogP contribution in [0.3, 0.4) is 0 Å². The van der Waals surface area contributed by atoms with Crippen LogP contribution in [0.4, 0.5) is 11.7 Å². The quantitative estimate of drug-likeness (QED) is 0.305. The van der Waals surface area contributed by atoms with Crippen LogP contribution in [0.2, 0.25) is 0 Å². The van der Waals surface area contributed by atoms with E-state index in [1.807, 2.05) is 18.2 Å². The summed E-state index contributed by atoms with van der Waals surface area (Å²) in [7, 11) is 1.47. The van der Waals surface area contributed by atoms with Crippen LogP contribution in [0.15, 0.2) is 53.5 Å². The van der Waals surface area contributed by atoms with Gasteiger partial charge in [-0.15, -0.1) is 0 Å². The van der Waals surface area contributed by atoms with Crippen LogP contribution >= 0.6 is 0 Å². The van der Waals surface area contributed by atoms with Gasteiger partial charge in [0.25, 0.3) is 5.91 Å². The summed E-state index contributed by atoms with van der Waals surface area (Å²) >= 11 is 0. The molecule has 5 rings (SSSR count).